The number of fused-ring (bicyclic) bond motifs is 1. The number of carbonyl (C=O) groups excluding carboxylic acids is 2. The Kier molecular flexibility index (Phi) is 8.39. The van der Waals surface area contributed by atoms with Gasteiger partial charge in [0.1, 0.15) is 42.5 Å². The van der Waals surface area contributed by atoms with Crippen molar-refractivity contribution in [2.24, 2.45) is 0 Å². The molecule has 0 saturated carbocycles. The van der Waals surface area contributed by atoms with Crippen molar-refractivity contribution in [1.82, 2.24) is 5.32 Å². The Morgan fingerprint density at radius 1 is 1.05 bits per heavy atom. The summed E-state index contributed by atoms with van der Waals surface area (Å²) in [6.07, 6.45) is -4.31. The summed E-state index contributed by atoms with van der Waals surface area (Å²) in [5.74, 6) is -0.733. The first kappa shape index (κ1) is 26.6. The van der Waals surface area contributed by atoms with E-state index in [-0.39, 0.29) is 12.4 Å². The number of nitrogens with one attached hydrogen (secondary N) is 1. The van der Waals surface area contributed by atoms with Gasteiger partial charge in [0.15, 0.2) is 12.1 Å². The summed E-state index contributed by atoms with van der Waals surface area (Å²) in [5.41, 5.74) is 1.15. The maximum absolute atomic E-state index is 12.1. The van der Waals surface area contributed by atoms with Gasteiger partial charge in [-0.05, 0) is 31.2 Å². The molecule has 2 aromatic rings. The Balaban J connectivity index is 1.61. The lowest BCUT2D eigenvalue weighted by molar-refractivity contribution is -0.337. The molecular formula is C26H29NO10. The summed E-state index contributed by atoms with van der Waals surface area (Å²) in [4.78, 5) is 35.3. The van der Waals surface area contributed by atoms with Crippen molar-refractivity contribution in [3.8, 4) is 11.5 Å². The van der Waals surface area contributed by atoms with Gasteiger partial charge in [0, 0.05) is 18.1 Å². The molecule has 37 heavy (non-hydrogen) atoms. The van der Waals surface area contributed by atoms with Crippen molar-refractivity contribution < 1.29 is 47.9 Å². The Bertz CT molecular complexity index is 1120. The van der Waals surface area contributed by atoms with Crippen LogP contribution in [-0.2, 0) is 28.5 Å². The van der Waals surface area contributed by atoms with Crippen LogP contribution in [0.3, 0.4) is 0 Å². The van der Waals surface area contributed by atoms with E-state index in [2.05, 4.69) is 5.32 Å². The second-order valence-electron chi connectivity index (χ2n) is 8.68. The van der Waals surface area contributed by atoms with Crippen molar-refractivity contribution in [3.63, 3.8) is 0 Å². The number of Topliss-reactive ketones (excluding diaryl/α,β-unsaturated/α-hetero) is 1. The maximum atomic E-state index is 12.1. The lowest BCUT2D eigenvalue weighted by atomic mass is 9.95. The largest absolute Gasteiger partial charge is 0.497 e. The molecule has 2 aliphatic heterocycles. The minimum absolute atomic E-state index is 0.0917. The maximum Gasteiger partial charge on any atom is 0.329 e. The van der Waals surface area contributed by atoms with Crippen LogP contribution in [0.15, 0.2) is 48.5 Å². The molecule has 0 aliphatic carbocycles. The normalized spacial score (nSPS) is 27.0. The molecule has 2 aromatic carbocycles. The Hall–Kier alpha value is -3.51. The fourth-order valence-electron chi connectivity index (χ4n) is 4.28. The van der Waals surface area contributed by atoms with Gasteiger partial charge in [-0.3, -0.25) is 9.59 Å². The number of benzene rings is 2. The van der Waals surface area contributed by atoms with Crippen molar-refractivity contribution in [2.75, 3.05) is 20.3 Å². The number of ketones is 1. The third-order valence-electron chi connectivity index (χ3n) is 5.99. The molecule has 2 N–H and O–H groups in total. The van der Waals surface area contributed by atoms with Gasteiger partial charge in [-0.1, -0.05) is 24.3 Å². The van der Waals surface area contributed by atoms with Crippen molar-refractivity contribution in [2.45, 2.75) is 50.8 Å². The van der Waals surface area contributed by atoms with Crippen molar-refractivity contribution in [1.29, 1.82) is 0 Å². The van der Waals surface area contributed by atoms with Crippen molar-refractivity contribution >= 4 is 17.7 Å². The molecule has 4 rings (SSSR count). The zero-order chi connectivity index (χ0) is 26.5. The van der Waals surface area contributed by atoms with E-state index >= 15 is 0 Å². The molecule has 11 heteroatoms. The third kappa shape index (κ3) is 6.44. The number of amides is 1. The number of ether oxygens (including phenoxy) is 6. The van der Waals surface area contributed by atoms with Gasteiger partial charge in [0.2, 0.25) is 12.2 Å². The van der Waals surface area contributed by atoms with E-state index in [1.807, 2.05) is 0 Å². The fourth-order valence-corrected chi connectivity index (χ4v) is 4.28. The highest BCUT2D eigenvalue weighted by atomic mass is 16.8. The fraction of sp³-hybridized carbons (Fsp3) is 0.423. The smallest absolute Gasteiger partial charge is 0.329 e. The number of hydrogen-bond acceptors (Lipinski definition) is 9. The number of methoxy groups -OCH3 is 1. The standard InChI is InChI=1S/C26H29NO10/c1-14(28)17-5-4-6-19(11-17)35-26-22(27-15(2)29)24(33-13-21(30)31)23-20(36-26)12-34-25(37-23)16-7-9-18(32-3)10-8-16/h4-11,20,22-26H,12-13H2,1-3H3,(H,27,29)(H,30,31). The minimum atomic E-state index is -1.19. The molecule has 0 radical (unpaired) electrons. The first-order chi connectivity index (χ1) is 17.7. The number of hydrogen-bond donors (Lipinski definition) is 2. The summed E-state index contributed by atoms with van der Waals surface area (Å²) in [7, 11) is 1.56. The SMILES string of the molecule is COc1ccc(C2OCC3OC(Oc4cccc(C(C)=O)c4)C(NC(C)=O)C(OCC(=O)O)C3O2)cc1. The number of carboxylic acids is 1. The number of rotatable bonds is 9. The Morgan fingerprint density at radius 3 is 2.46 bits per heavy atom. The third-order valence-corrected chi connectivity index (χ3v) is 5.99. The van der Waals surface area contributed by atoms with E-state index in [0.717, 1.165) is 0 Å². The summed E-state index contributed by atoms with van der Waals surface area (Å²) in [6.45, 7) is 2.22. The second kappa shape index (κ2) is 11.7. The van der Waals surface area contributed by atoms with Crippen LogP contribution in [0.4, 0.5) is 0 Å². The van der Waals surface area contributed by atoms with Crippen molar-refractivity contribution in [3.05, 3.63) is 59.7 Å². The van der Waals surface area contributed by atoms with E-state index < -0.39 is 55.4 Å². The minimum Gasteiger partial charge on any atom is -0.497 e. The number of carbonyl (C=O) groups is 3. The molecule has 2 fully saturated rings. The van der Waals surface area contributed by atoms with Crippen LogP contribution < -0.4 is 14.8 Å². The van der Waals surface area contributed by atoms with Gasteiger partial charge in [-0.25, -0.2) is 4.79 Å². The zero-order valence-electron chi connectivity index (χ0n) is 20.6. The Morgan fingerprint density at radius 2 is 1.81 bits per heavy atom. The van der Waals surface area contributed by atoms with Gasteiger partial charge in [-0.2, -0.15) is 0 Å². The number of aliphatic carboxylic acids is 1. The van der Waals surface area contributed by atoms with Crippen LogP contribution in [0.1, 0.15) is 36.1 Å². The molecule has 0 aromatic heterocycles. The van der Waals surface area contributed by atoms with Crippen LogP contribution in [0.2, 0.25) is 0 Å². The van der Waals surface area contributed by atoms with Gasteiger partial charge in [-0.15, -0.1) is 0 Å². The zero-order valence-corrected chi connectivity index (χ0v) is 20.6. The molecule has 2 aliphatic rings. The highest BCUT2D eigenvalue weighted by Gasteiger charge is 2.52. The molecule has 2 heterocycles. The molecule has 198 valence electrons. The van der Waals surface area contributed by atoms with Crippen LogP contribution in [0, 0.1) is 0 Å². The predicted molar refractivity (Wildman–Crippen MR) is 127 cm³/mol. The summed E-state index contributed by atoms with van der Waals surface area (Å²) in [5, 5.41) is 12.0. The van der Waals surface area contributed by atoms with Crippen LogP contribution >= 0.6 is 0 Å². The van der Waals surface area contributed by atoms with Crippen LogP contribution in [-0.4, -0.2) is 73.7 Å². The topological polar surface area (TPSA) is 139 Å². The second-order valence-corrected chi connectivity index (χ2v) is 8.68. The molecule has 11 nitrogen and oxygen atoms in total. The molecular weight excluding hydrogens is 486 g/mol. The molecule has 0 spiro atoms. The average Bonchev–Trinajstić information content (AvgIpc) is 2.88. The van der Waals surface area contributed by atoms with Gasteiger partial charge >= 0.3 is 5.97 Å². The van der Waals surface area contributed by atoms with E-state index in [4.69, 9.17) is 28.4 Å². The van der Waals surface area contributed by atoms with Gasteiger partial charge in [0.25, 0.3) is 0 Å². The first-order valence-corrected chi connectivity index (χ1v) is 11.7. The molecule has 2 saturated heterocycles. The monoisotopic (exact) mass is 515 g/mol. The van der Waals surface area contributed by atoms with Gasteiger partial charge < -0.3 is 38.8 Å². The van der Waals surface area contributed by atoms with E-state index in [0.29, 0.717) is 22.6 Å². The molecule has 0 bridgehead atoms. The average molecular weight is 516 g/mol. The summed E-state index contributed by atoms with van der Waals surface area (Å²) < 4.78 is 35.2. The van der Waals surface area contributed by atoms with E-state index in [1.54, 1.807) is 55.6 Å². The van der Waals surface area contributed by atoms with Gasteiger partial charge in [0.05, 0.1) is 13.7 Å². The van der Waals surface area contributed by atoms with Crippen LogP contribution in [0.5, 0.6) is 11.5 Å². The first-order valence-electron chi connectivity index (χ1n) is 11.7. The predicted octanol–water partition coefficient (Wildman–Crippen LogP) is 2.09. The molecule has 6 atom stereocenters. The molecule has 6 unspecified atom stereocenters. The van der Waals surface area contributed by atoms with Crippen LogP contribution in [0.25, 0.3) is 0 Å². The lowest BCUT2D eigenvalue weighted by Gasteiger charge is -2.49. The summed E-state index contributed by atoms with van der Waals surface area (Å²) >= 11 is 0. The lowest BCUT2D eigenvalue weighted by Crippen LogP contribution is -2.68. The Labute approximate surface area is 213 Å². The van der Waals surface area contributed by atoms with E-state index in [1.165, 1.54) is 13.8 Å². The highest BCUT2D eigenvalue weighted by Crippen LogP contribution is 2.36. The summed E-state index contributed by atoms with van der Waals surface area (Å²) in [6, 6.07) is 12.7. The quantitative estimate of drug-likeness (QED) is 0.477. The van der Waals surface area contributed by atoms with E-state index in [9.17, 15) is 19.5 Å². The highest BCUT2D eigenvalue weighted by molar-refractivity contribution is 5.94. The molecule has 1 amide bonds. The number of carboxylic acid groups (broad SMARTS) is 1.